The topological polar surface area (TPSA) is 166 Å². The SMILES string of the molecule is CC(C)n1nc(-c2ccc(CC(=O)Nc3cc(C(C)(C)C#N)no3)cc2)c(C(N)=O)c1N. The van der Waals surface area contributed by atoms with E-state index in [1.165, 1.54) is 6.07 Å². The molecule has 0 unspecified atom stereocenters. The number of benzene rings is 1. The lowest BCUT2D eigenvalue weighted by Crippen LogP contribution is -2.15. The maximum atomic E-state index is 12.4. The molecular weight excluding hydrogens is 410 g/mol. The fourth-order valence-electron chi connectivity index (χ4n) is 3.12. The number of nitrogens with one attached hydrogen (secondary N) is 1. The van der Waals surface area contributed by atoms with Crippen LogP contribution in [-0.2, 0) is 16.6 Å². The minimum atomic E-state index is -0.821. The lowest BCUT2D eigenvalue weighted by Gasteiger charge is -2.08. The van der Waals surface area contributed by atoms with E-state index < -0.39 is 11.3 Å². The Balaban J connectivity index is 1.75. The van der Waals surface area contributed by atoms with Gasteiger partial charge in [0.05, 0.1) is 17.9 Å². The average molecular weight is 435 g/mol. The summed E-state index contributed by atoms with van der Waals surface area (Å²) in [5.41, 5.74) is 13.2. The molecule has 0 aliphatic carbocycles. The number of aromatic nitrogens is 3. The van der Waals surface area contributed by atoms with Crippen molar-refractivity contribution in [2.75, 3.05) is 11.1 Å². The van der Waals surface area contributed by atoms with Crippen LogP contribution in [0.15, 0.2) is 34.9 Å². The van der Waals surface area contributed by atoms with E-state index in [4.69, 9.17) is 16.0 Å². The number of carbonyl (C=O) groups is 2. The highest BCUT2D eigenvalue weighted by Crippen LogP contribution is 2.29. The maximum Gasteiger partial charge on any atom is 0.254 e. The quantitative estimate of drug-likeness (QED) is 0.513. The molecule has 166 valence electrons. The van der Waals surface area contributed by atoms with Gasteiger partial charge in [0.2, 0.25) is 11.8 Å². The summed E-state index contributed by atoms with van der Waals surface area (Å²) >= 11 is 0. The van der Waals surface area contributed by atoms with E-state index in [0.29, 0.717) is 17.0 Å². The van der Waals surface area contributed by atoms with Crippen molar-refractivity contribution >= 4 is 23.5 Å². The summed E-state index contributed by atoms with van der Waals surface area (Å²) < 4.78 is 6.66. The van der Waals surface area contributed by atoms with Crippen LogP contribution in [0.3, 0.4) is 0 Å². The van der Waals surface area contributed by atoms with E-state index in [1.807, 2.05) is 13.8 Å². The first-order valence-corrected chi connectivity index (χ1v) is 9.99. The van der Waals surface area contributed by atoms with Gasteiger partial charge in [-0.05, 0) is 33.3 Å². The molecular formula is C22H25N7O3. The van der Waals surface area contributed by atoms with Crippen molar-refractivity contribution in [3.63, 3.8) is 0 Å². The second-order valence-corrected chi connectivity index (χ2v) is 8.25. The minimum absolute atomic E-state index is 0.0415. The molecule has 5 N–H and O–H groups in total. The van der Waals surface area contributed by atoms with Crippen molar-refractivity contribution in [2.24, 2.45) is 5.73 Å². The van der Waals surface area contributed by atoms with Gasteiger partial charge < -0.3 is 16.0 Å². The average Bonchev–Trinajstić information content (AvgIpc) is 3.33. The molecule has 3 rings (SSSR count). The molecule has 2 aromatic heterocycles. The molecule has 0 spiro atoms. The molecule has 10 nitrogen and oxygen atoms in total. The molecule has 0 bridgehead atoms. The standard InChI is InChI=1S/C22H25N7O3/c1-12(2)29-20(24)18(21(25)31)19(27-29)14-7-5-13(6-8-14)9-16(30)26-17-10-15(28-32-17)22(3,4)11-23/h5-8,10,12H,9,24H2,1-4H3,(H2,25,31)(H,26,30). The van der Waals surface area contributed by atoms with Gasteiger partial charge in [-0.1, -0.05) is 29.4 Å². The van der Waals surface area contributed by atoms with Gasteiger partial charge in [0, 0.05) is 17.7 Å². The summed E-state index contributed by atoms with van der Waals surface area (Å²) in [5, 5.41) is 20.1. The molecule has 3 aromatic rings. The molecule has 0 atom stereocenters. The summed E-state index contributed by atoms with van der Waals surface area (Å²) in [7, 11) is 0. The van der Waals surface area contributed by atoms with Crippen LogP contribution in [0.2, 0.25) is 0 Å². The zero-order valence-electron chi connectivity index (χ0n) is 18.3. The van der Waals surface area contributed by atoms with Gasteiger partial charge in [-0.25, -0.2) is 4.68 Å². The Labute approximate surface area is 185 Å². The van der Waals surface area contributed by atoms with Crippen molar-refractivity contribution in [3.8, 4) is 17.3 Å². The molecule has 32 heavy (non-hydrogen) atoms. The summed E-state index contributed by atoms with van der Waals surface area (Å²) in [6.45, 7) is 7.22. The van der Waals surface area contributed by atoms with Gasteiger partial charge in [-0.2, -0.15) is 10.4 Å². The summed E-state index contributed by atoms with van der Waals surface area (Å²) in [6.07, 6.45) is 0.0865. The normalized spacial score (nSPS) is 11.4. The van der Waals surface area contributed by atoms with E-state index >= 15 is 0 Å². The molecule has 2 amide bonds. The highest BCUT2D eigenvalue weighted by molar-refractivity contribution is 6.03. The highest BCUT2D eigenvalue weighted by Gasteiger charge is 2.25. The number of carbonyl (C=O) groups excluding carboxylic acids is 2. The molecule has 0 aliphatic heterocycles. The van der Waals surface area contributed by atoms with Crippen molar-refractivity contribution in [1.82, 2.24) is 14.9 Å². The Hall–Kier alpha value is -4.13. The third-order valence-electron chi connectivity index (χ3n) is 4.97. The Morgan fingerprint density at radius 2 is 1.94 bits per heavy atom. The van der Waals surface area contributed by atoms with E-state index in [1.54, 1.807) is 42.8 Å². The lowest BCUT2D eigenvalue weighted by atomic mass is 9.92. The van der Waals surface area contributed by atoms with Crippen LogP contribution >= 0.6 is 0 Å². The molecule has 0 aliphatic rings. The molecule has 10 heteroatoms. The van der Waals surface area contributed by atoms with Crippen LogP contribution < -0.4 is 16.8 Å². The van der Waals surface area contributed by atoms with Crippen molar-refractivity contribution in [3.05, 3.63) is 47.2 Å². The number of primary amides is 1. The van der Waals surface area contributed by atoms with Crippen LogP contribution in [0.1, 0.15) is 55.4 Å². The number of nitriles is 1. The van der Waals surface area contributed by atoms with Crippen molar-refractivity contribution in [2.45, 2.75) is 45.6 Å². The zero-order chi connectivity index (χ0) is 23.6. The Kier molecular flexibility index (Phi) is 6.02. The predicted molar refractivity (Wildman–Crippen MR) is 118 cm³/mol. The van der Waals surface area contributed by atoms with Crippen LogP contribution in [0.5, 0.6) is 0 Å². The third kappa shape index (κ3) is 4.46. The van der Waals surface area contributed by atoms with Gasteiger partial charge in [0.1, 0.15) is 22.8 Å². The highest BCUT2D eigenvalue weighted by atomic mass is 16.5. The van der Waals surface area contributed by atoms with Crippen molar-refractivity contribution in [1.29, 1.82) is 5.26 Å². The Bertz CT molecular complexity index is 1200. The summed E-state index contributed by atoms with van der Waals surface area (Å²) in [5.74, 6) is -0.567. The number of nitrogens with two attached hydrogens (primary N) is 2. The smallest absolute Gasteiger partial charge is 0.254 e. The minimum Gasteiger partial charge on any atom is -0.383 e. The first-order chi connectivity index (χ1) is 15.0. The molecule has 0 saturated carbocycles. The lowest BCUT2D eigenvalue weighted by molar-refractivity contribution is -0.115. The number of nitrogens with zero attached hydrogens (tertiary/aromatic N) is 4. The molecule has 0 radical (unpaired) electrons. The summed E-state index contributed by atoms with van der Waals surface area (Å²) in [4.78, 5) is 24.3. The second-order valence-electron chi connectivity index (χ2n) is 8.25. The number of hydrogen-bond donors (Lipinski definition) is 3. The zero-order valence-corrected chi connectivity index (χ0v) is 18.3. The molecule has 0 saturated heterocycles. The molecule has 1 aromatic carbocycles. The van der Waals surface area contributed by atoms with Crippen LogP contribution in [-0.4, -0.2) is 26.8 Å². The molecule has 0 fully saturated rings. The second kappa shape index (κ2) is 8.55. The predicted octanol–water partition coefficient (Wildman–Crippen LogP) is 2.78. The Morgan fingerprint density at radius 3 is 2.50 bits per heavy atom. The Morgan fingerprint density at radius 1 is 1.28 bits per heavy atom. The van der Waals surface area contributed by atoms with Crippen LogP contribution in [0, 0.1) is 11.3 Å². The number of anilines is 2. The van der Waals surface area contributed by atoms with Crippen molar-refractivity contribution < 1.29 is 14.1 Å². The van der Waals surface area contributed by atoms with Gasteiger partial charge >= 0.3 is 0 Å². The first-order valence-electron chi connectivity index (χ1n) is 9.99. The fraction of sp³-hybridized carbons (Fsp3) is 0.318. The largest absolute Gasteiger partial charge is 0.383 e. The molecule has 2 heterocycles. The fourth-order valence-corrected chi connectivity index (χ4v) is 3.12. The first kappa shape index (κ1) is 22.6. The third-order valence-corrected chi connectivity index (χ3v) is 4.97. The van der Waals surface area contributed by atoms with Crippen LogP contribution in [0.4, 0.5) is 11.7 Å². The van der Waals surface area contributed by atoms with E-state index in [0.717, 1.165) is 5.56 Å². The van der Waals surface area contributed by atoms with Crippen LogP contribution in [0.25, 0.3) is 11.3 Å². The van der Waals surface area contributed by atoms with Gasteiger partial charge in [0.15, 0.2) is 0 Å². The maximum absolute atomic E-state index is 12.4. The monoisotopic (exact) mass is 435 g/mol. The van der Waals surface area contributed by atoms with Gasteiger partial charge in [-0.15, -0.1) is 0 Å². The number of rotatable bonds is 7. The number of hydrogen-bond acceptors (Lipinski definition) is 7. The number of amides is 2. The van der Waals surface area contributed by atoms with Gasteiger partial charge in [-0.3, -0.25) is 14.9 Å². The van der Waals surface area contributed by atoms with Gasteiger partial charge in [0.25, 0.3) is 5.91 Å². The van der Waals surface area contributed by atoms with E-state index in [9.17, 15) is 14.9 Å². The number of nitrogen functional groups attached to an aromatic ring is 1. The van der Waals surface area contributed by atoms with E-state index in [-0.39, 0.29) is 35.6 Å². The summed E-state index contributed by atoms with van der Waals surface area (Å²) in [6, 6.07) is 10.6. The van der Waals surface area contributed by atoms with E-state index in [2.05, 4.69) is 21.6 Å².